The Hall–Kier alpha value is -0.790. The van der Waals surface area contributed by atoms with E-state index >= 15 is 0 Å². The topological polar surface area (TPSA) is 38.3 Å². The van der Waals surface area contributed by atoms with Crippen molar-refractivity contribution in [3.63, 3.8) is 0 Å². The minimum absolute atomic E-state index is 0. The molecule has 1 aromatic rings. The van der Waals surface area contributed by atoms with Crippen LogP contribution in [0.5, 0.6) is 5.75 Å². The van der Waals surface area contributed by atoms with Crippen LogP contribution in [0.1, 0.15) is 11.1 Å². The monoisotopic (exact) mass is 329 g/mol. The number of rotatable bonds is 2. The molecule has 2 rings (SSSR count). The van der Waals surface area contributed by atoms with Gasteiger partial charge in [0.15, 0.2) is 10.8 Å². The first-order valence-corrected chi connectivity index (χ1v) is 6.97. The van der Waals surface area contributed by atoms with Gasteiger partial charge in [-0.25, -0.2) is 4.21 Å². The summed E-state index contributed by atoms with van der Waals surface area (Å²) in [4.78, 5) is -0.296. The average molecular weight is 330 g/mol. The van der Waals surface area contributed by atoms with Crippen LogP contribution in [-0.4, -0.2) is 29.9 Å². The van der Waals surface area contributed by atoms with Gasteiger partial charge in [-0.3, -0.25) is 0 Å². The molecule has 3 nitrogen and oxygen atoms in total. The van der Waals surface area contributed by atoms with Crippen LogP contribution < -0.4 is 10.1 Å². The Kier molecular flexibility index (Phi) is 5.85. The van der Waals surface area contributed by atoms with Gasteiger partial charge in [-0.05, 0) is 49.2 Å². The highest BCUT2D eigenvalue weighted by Crippen LogP contribution is 2.34. The minimum Gasteiger partial charge on any atom is -0.495 e. The zero-order valence-electron chi connectivity index (χ0n) is 10.8. The van der Waals surface area contributed by atoms with Crippen LogP contribution in [-0.2, 0) is 23.6 Å². The fraction of sp³-hybridized carbons (Fsp3) is 0.500. The van der Waals surface area contributed by atoms with Crippen molar-refractivity contribution >= 4 is 23.2 Å². The zero-order valence-corrected chi connectivity index (χ0v) is 12.4. The molecule has 1 aliphatic rings. The highest BCUT2D eigenvalue weighted by Gasteiger charge is 2.40. The summed E-state index contributed by atoms with van der Waals surface area (Å²) in [5.74, 6) is 0.0382. The van der Waals surface area contributed by atoms with Gasteiger partial charge in [0.1, 0.15) is 5.75 Å². The summed E-state index contributed by atoms with van der Waals surface area (Å²) in [5.41, 5.74) is -3.02. The van der Waals surface area contributed by atoms with Crippen molar-refractivity contribution in [3.05, 3.63) is 23.3 Å². The summed E-state index contributed by atoms with van der Waals surface area (Å²) in [6.45, 7) is 1.48. The second-order valence-corrected chi connectivity index (χ2v) is 5.68. The van der Waals surface area contributed by atoms with Gasteiger partial charge in [0.2, 0.25) is 0 Å². The first kappa shape index (κ1) is 17.3. The lowest BCUT2D eigenvalue weighted by atomic mass is 10.0. The van der Waals surface area contributed by atoms with E-state index in [9.17, 15) is 17.4 Å². The lowest BCUT2D eigenvalue weighted by molar-refractivity contribution is -0.0385. The van der Waals surface area contributed by atoms with E-state index in [1.807, 2.05) is 0 Å². The Balaban J connectivity index is 0.00000200. The average Bonchev–Trinajstić information content (AvgIpc) is 2.59. The second kappa shape index (κ2) is 6.78. The molecule has 0 saturated carbocycles. The standard InChI is InChI=1S/C12H14F3NO2S.ClH/c1-18-10-6-8-2-4-16-5-3-9(8)7-11(10)19(17)12(13,14)15;/h6-7,16H,2-5H2,1H3;1H. The first-order valence-electron chi connectivity index (χ1n) is 5.82. The van der Waals surface area contributed by atoms with Crippen molar-refractivity contribution < 1.29 is 22.1 Å². The molecule has 8 heteroatoms. The highest BCUT2D eigenvalue weighted by atomic mass is 35.5. The van der Waals surface area contributed by atoms with E-state index in [-0.39, 0.29) is 23.1 Å². The highest BCUT2D eigenvalue weighted by molar-refractivity contribution is 7.86. The van der Waals surface area contributed by atoms with E-state index in [1.165, 1.54) is 13.2 Å². The van der Waals surface area contributed by atoms with Crippen molar-refractivity contribution in [2.45, 2.75) is 23.2 Å². The molecule has 1 aromatic carbocycles. The van der Waals surface area contributed by atoms with E-state index in [1.54, 1.807) is 6.07 Å². The Labute approximate surface area is 123 Å². The van der Waals surface area contributed by atoms with E-state index in [4.69, 9.17) is 4.74 Å². The number of ether oxygens (including phenoxy) is 1. The summed E-state index contributed by atoms with van der Waals surface area (Å²) < 4.78 is 54.2. The zero-order chi connectivity index (χ0) is 14.0. The number of hydrogen-bond acceptors (Lipinski definition) is 3. The van der Waals surface area contributed by atoms with Crippen molar-refractivity contribution in [1.29, 1.82) is 0 Å². The number of nitrogens with one attached hydrogen (secondary N) is 1. The number of hydrogen-bond donors (Lipinski definition) is 1. The summed E-state index contributed by atoms with van der Waals surface area (Å²) in [7, 11) is -1.78. The van der Waals surface area contributed by atoms with Crippen LogP contribution >= 0.6 is 12.4 Å². The molecule has 0 fully saturated rings. The fourth-order valence-corrected chi connectivity index (χ4v) is 2.93. The molecule has 0 saturated heterocycles. The van der Waals surface area contributed by atoms with Crippen LogP contribution in [0.3, 0.4) is 0 Å². The second-order valence-electron chi connectivity index (χ2n) is 4.24. The van der Waals surface area contributed by atoms with Crippen molar-refractivity contribution in [2.75, 3.05) is 20.2 Å². The third-order valence-electron chi connectivity index (χ3n) is 3.04. The normalized spacial score (nSPS) is 16.6. The molecule has 0 aliphatic carbocycles. The van der Waals surface area contributed by atoms with Crippen molar-refractivity contribution in [3.8, 4) is 5.75 Å². The van der Waals surface area contributed by atoms with E-state index in [0.717, 1.165) is 24.1 Å². The number of methoxy groups -OCH3 is 1. The molecule has 1 heterocycles. The lowest BCUT2D eigenvalue weighted by Gasteiger charge is -2.14. The largest absolute Gasteiger partial charge is 0.495 e. The summed E-state index contributed by atoms with van der Waals surface area (Å²) in [6, 6.07) is 2.94. The van der Waals surface area contributed by atoms with Crippen LogP contribution in [0.25, 0.3) is 0 Å². The minimum atomic E-state index is -4.77. The third kappa shape index (κ3) is 3.65. The smallest absolute Gasteiger partial charge is 0.475 e. The molecule has 0 radical (unpaired) electrons. The van der Waals surface area contributed by atoms with Gasteiger partial charge in [-0.2, -0.15) is 13.2 Å². The molecule has 0 bridgehead atoms. The molecule has 0 spiro atoms. The Morgan fingerprint density at radius 2 is 1.75 bits per heavy atom. The molecule has 1 atom stereocenters. The Bertz CT molecular complexity index is 508. The number of benzene rings is 1. The Morgan fingerprint density at radius 3 is 2.25 bits per heavy atom. The quantitative estimate of drug-likeness (QED) is 0.905. The molecular weight excluding hydrogens is 315 g/mol. The predicted molar refractivity (Wildman–Crippen MR) is 73.0 cm³/mol. The summed E-state index contributed by atoms with van der Waals surface area (Å²) >= 11 is 0. The SMILES string of the molecule is COc1cc2c(cc1S(=O)C(F)(F)F)CCNCC2.Cl. The van der Waals surface area contributed by atoms with Gasteiger partial charge in [-0.15, -0.1) is 12.4 Å². The van der Waals surface area contributed by atoms with Gasteiger partial charge >= 0.3 is 5.51 Å². The summed E-state index contributed by atoms with van der Waals surface area (Å²) in [5, 5.41) is 3.17. The molecule has 0 aromatic heterocycles. The van der Waals surface area contributed by atoms with Gasteiger partial charge in [0.05, 0.1) is 12.0 Å². The Morgan fingerprint density at radius 1 is 1.20 bits per heavy atom. The van der Waals surface area contributed by atoms with Crippen molar-refractivity contribution in [1.82, 2.24) is 5.32 Å². The maximum atomic E-state index is 12.6. The first-order chi connectivity index (χ1) is 8.93. The molecular formula is C12H15ClF3NO2S. The summed E-state index contributed by atoms with van der Waals surface area (Å²) in [6.07, 6.45) is 1.35. The lowest BCUT2D eigenvalue weighted by Crippen LogP contribution is -2.17. The van der Waals surface area contributed by atoms with E-state index in [2.05, 4.69) is 5.32 Å². The molecule has 20 heavy (non-hydrogen) atoms. The van der Waals surface area contributed by atoms with Crippen LogP contribution in [0.15, 0.2) is 17.0 Å². The van der Waals surface area contributed by atoms with Gasteiger partial charge < -0.3 is 10.1 Å². The number of halogens is 4. The van der Waals surface area contributed by atoms with Crippen LogP contribution in [0, 0.1) is 0 Å². The third-order valence-corrected chi connectivity index (χ3v) is 4.18. The molecule has 114 valence electrons. The molecule has 1 N–H and O–H groups in total. The van der Waals surface area contributed by atoms with E-state index < -0.39 is 16.3 Å². The van der Waals surface area contributed by atoms with Gasteiger partial charge in [-0.1, -0.05) is 0 Å². The van der Waals surface area contributed by atoms with Gasteiger partial charge in [0.25, 0.3) is 0 Å². The predicted octanol–water partition coefficient (Wildman–Crippen LogP) is 2.43. The molecule has 0 amide bonds. The maximum absolute atomic E-state index is 12.6. The molecule has 1 aliphatic heterocycles. The maximum Gasteiger partial charge on any atom is 0.475 e. The number of alkyl halides is 3. The fourth-order valence-electron chi connectivity index (χ4n) is 2.11. The van der Waals surface area contributed by atoms with Crippen LogP contribution in [0.2, 0.25) is 0 Å². The van der Waals surface area contributed by atoms with E-state index in [0.29, 0.717) is 13.0 Å². The van der Waals surface area contributed by atoms with Crippen LogP contribution in [0.4, 0.5) is 13.2 Å². The number of fused-ring (bicyclic) bond motifs is 1. The molecule has 1 unspecified atom stereocenters. The van der Waals surface area contributed by atoms with Gasteiger partial charge in [0, 0.05) is 0 Å². The van der Waals surface area contributed by atoms with Crippen molar-refractivity contribution in [2.24, 2.45) is 0 Å².